The largest absolute Gasteiger partial charge is 0.383 e. The second-order valence-corrected chi connectivity index (χ2v) is 5.09. The lowest BCUT2D eigenvalue weighted by atomic mass is 10.2. The van der Waals surface area contributed by atoms with Crippen molar-refractivity contribution in [3.8, 4) is 0 Å². The van der Waals surface area contributed by atoms with Crippen LogP contribution in [0.4, 0.5) is 0 Å². The Bertz CT molecular complexity index is 378. The Morgan fingerprint density at radius 2 is 1.60 bits per heavy atom. The first-order valence-electron chi connectivity index (χ1n) is 4.14. The van der Waals surface area contributed by atoms with Crippen molar-refractivity contribution in [3.63, 3.8) is 0 Å². The standard InChI is InChI=1S/C7H8O3S.C2H6OS/c1-6-2-4-7(5-3-6)11(8,9)10;1-2(3)4/h2-5H,1H3,(H,8,9,10);2-4H,1H3. The zero-order chi connectivity index (χ0) is 12.1. The summed E-state index contributed by atoms with van der Waals surface area (Å²) in [7, 11) is -4.02. The second kappa shape index (κ2) is 6.12. The third-order valence-electron chi connectivity index (χ3n) is 1.32. The van der Waals surface area contributed by atoms with Gasteiger partial charge in [-0.2, -0.15) is 8.42 Å². The van der Waals surface area contributed by atoms with E-state index in [2.05, 4.69) is 12.6 Å². The molecular formula is C9H14O4S2. The molecule has 1 aromatic rings. The molecule has 86 valence electrons. The fraction of sp³-hybridized carbons (Fsp3) is 0.333. The summed E-state index contributed by atoms with van der Waals surface area (Å²) >= 11 is 3.52. The quantitative estimate of drug-likeness (QED) is 0.401. The summed E-state index contributed by atoms with van der Waals surface area (Å²) in [4.78, 5) is -0.0666. The first kappa shape index (κ1) is 14.4. The van der Waals surface area contributed by atoms with Crippen LogP contribution in [0.25, 0.3) is 0 Å². The zero-order valence-corrected chi connectivity index (χ0v) is 10.2. The van der Waals surface area contributed by atoms with Gasteiger partial charge < -0.3 is 5.11 Å². The highest BCUT2D eigenvalue weighted by Crippen LogP contribution is 2.08. The fourth-order valence-corrected chi connectivity index (χ4v) is 1.19. The van der Waals surface area contributed by atoms with Crippen LogP contribution >= 0.6 is 12.6 Å². The van der Waals surface area contributed by atoms with Crippen LogP contribution in [0, 0.1) is 6.92 Å². The van der Waals surface area contributed by atoms with Gasteiger partial charge in [0.15, 0.2) is 0 Å². The van der Waals surface area contributed by atoms with Gasteiger partial charge in [-0.25, -0.2) is 0 Å². The number of aliphatic hydroxyl groups is 1. The molecule has 0 aromatic heterocycles. The number of hydrogen-bond donors (Lipinski definition) is 3. The first-order valence-corrected chi connectivity index (χ1v) is 6.09. The summed E-state index contributed by atoms with van der Waals surface area (Å²) in [5.74, 6) is 0. The van der Waals surface area contributed by atoms with Gasteiger partial charge in [-0.1, -0.05) is 17.7 Å². The van der Waals surface area contributed by atoms with Crippen LogP contribution in [0.1, 0.15) is 12.5 Å². The number of rotatable bonds is 1. The maximum atomic E-state index is 10.5. The Hall–Kier alpha value is -0.560. The molecule has 2 N–H and O–H groups in total. The number of hydrogen-bond acceptors (Lipinski definition) is 4. The molecule has 1 unspecified atom stereocenters. The highest BCUT2D eigenvalue weighted by Gasteiger charge is 2.06. The van der Waals surface area contributed by atoms with Gasteiger partial charge in [0.05, 0.1) is 10.3 Å². The van der Waals surface area contributed by atoms with E-state index in [1.165, 1.54) is 12.1 Å². The highest BCUT2D eigenvalue weighted by molar-refractivity contribution is 7.85. The topological polar surface area (TPSA) is 74.6 Å². The van der Waals surface area contributed by atoms with E-state index >= 15 is 0 Å². The van der Waals surface area contributed by atoms with Crippen LogP contribution in [0.5, 0.6) is 0 Å². The van der Waals surface area contributed by atoms with Gasteiger partial charge >= 0.3 is 0 Å². The van der Waals surface area contributed by atoms with E-state index in [-0.39, 0.29) is 4.90 Å². The van der Waals surface area contributed by atoms with Gasteiger partial charge in [0, 0.05) is 0 Å². The molecule has 1 aromatic carbocycles. The van der Waals surface area contributed by atoms with E-state index in [1.807, 2.05) is 6.92 Å². The molecular weight excluding hydrogens is 236 g/mol. The lowest BCUT2D eigenvalue weighted by Crippen LogP contribution is -1.96. The number of benzene rings is 1. The Morgan fingerprint density at radius 1 is 1.27 bits per heavy atom. The third-order valence-corrected chi connectivity index (χ3v) is 2.19. The van der Waals surface area contributed by atoms with Crippen LogP contribution in [0.2, 0.25) is 0 Å². The molecule has 0 aliphatic heterocycles. The minimum Gasteiger partial charge on any atom is -0.383 e. The number of aryl methyl sites for hydroxylation is 1. The summed E-state index contributed by atoms with van der Waals surface area (Å²) in [5.41, 5.74) is 0.484. The molecule has 15 heavy (non-hydrogen) atoms. The molecule has 0 aliphatic rings. The molecule has 0 spiro atoms. The molecule has 0 heterocycles. The summed E-state index contributed by atoms with van der Waals surface area (Å²) in [5, 5.41) is 7.92. The van der Waals surface area contributed by atoms with E-state index in [4.69, 9.17) is 9.66 Å². The number of thiol groups is 1. The van der Waals surface area contributed by atoms with Gasteiger partial charge in [0.25, 0.3) is 10.1 Å². The van der Waals surface area contributed by atoms with E-state index < -0.39 is 15.6 Å². The van der Waals surface area contributed by atoms with Gasteiger partial charge in [-0.05, 0) is 26.0 Å². The summed E-state index contributed by atoms with van der Waals surface area (Å²) < 4.78 is 29.6. The molecule has 6 heteroatoms. The van der Waals surface area contributed by atoms with Crippen molar-refractivity contribution < 1.29 is 18.1 Å². The van der Waals surface area contributed by atoms with Gasteiger partial charge in [-0.3, -0.25) is 4.55 Å². The third kappa shape index (κ3) is 7.38. The predicted octanol–water partition coefficient (Wildman–Crippen LogP) is 1.50. The molecule has 0 aliphatic carbocycles. The average Bonchev–Trinajstić information content (AvgIpc) is 2.01. The maximum absolute atomic E-state index is 10.5. The van der Waals surface area contributed by atoms with Crippen LogP contribution in [0.15, 0.2) is 29.2 Å². The van der Waals surface area contributed by atoms with E-state index in [9.17, 15) is 8.42 Å². The SMILES string of the molecule is CC(O)S.Cc1ccc(S(=O)(=O)O)cc1. The summed E-state index contributed by atoms with van der Waals surface area (Å²) in [6, 6.07) is 5.99. The lowest BCUT2D eigenvalue weighted by molar-refractivity contribution is 0.286. The minimum atomic E-state index is -4.02. The van der Waals surface area contributed by atoms with Crippen molar-refractivity contribution in [1.82, 2.24) is 0 Å². The smallest absolute Gasteiger partial charge is 0.294 e. The monoisotopic (exact) mass is 250 g/mol. The Labute approximate surface area is 95.1 Å². The molecule has 0 saturated heterocycles. The predicted molar refractivity (Wildman–Crippen MR) is 61.7 cm³/mol. The van der Waals surface area contributed by atoms with Crippen LogP contribution in [-0.2, 0) is 10.1 Å². The van der Waals surface area contributed by atoms with Crippen LogP contribution in [0.3, 0.4) is 0 Å². The molecule has 0 radical (unpaired) electrons. The lowest BCUT2D eigenvalue weighted by Gasteiger charge is -1.95. The zero-order valence-electron chi connectivity index (χ0n) is 8.45. The van der Waals surface area contributed by atoms with Crippen molar-refractivity contribution in [1.29, 1.82) is 0 Å². The Morgan fingerprint density at radius 3 is 1.87 bits per heavy atom. The van der Waals surface area contributed by atoms with Crippen molar-refractivity contribution >= 4 is 22.7 Å². The van der Waals surface area contributed by atoms with E-state index in [1.54, 1.807) is 19.1 Å². The molecule has 1 atom stereocenters. The molecule has 0 saturated carbocycles. The minimum absolute atomic E-state index is 0.0666. The number of aliphatic hydroxyl groups excluding tert-OH is 1. The van der Waals surface area contributed by atoms with Crippen molar-refractivity contribution in [3.05, 3.63) is 29.8 Å². The normalized spacial score (nSPS) is 12.6. The van der Waals surface area contributed by atoms with Crippen LogP contribution in [-0.4, -0.2) is 23.5 Å². The van der Waals surface area contributed by atoms with Gasteiger partial charge in [0.1, 0.15) is 0 Å². The molecule has 1 rings (SSSR count). The van der Waals surface area contributed by atoms with Crippen molar-refractivity contribution in [2.45, 2.75) is 24.2 Å². The highest BCUT2D eigenvalue weighted by atomic mass is 32.2. The summed E-state index contributed by atoms with van der Waals surface area (Å²) in [6.45, 7) is 3.43. The molecule has 4 nitrogen and oxygen atoms in total. The van der Waals surface area contributed by atoms with Gasteiger partial charge in [0.2, 0.25) is 0 Å². The first-order chi connectivity index (χ1) is 6.73. The molecule has 0 bridgehead atoms. The summed E-state index contributed by atoms with van der Waals surface area (Å²) in [6.07, 6.45) is 0. The fourth-order valence-electron chi connectivity index (χ4n) is 0.710. The van der Waals surface area contributed by atoms with E-state index in [0.29, 0.717) is 0 Å². The van der Waals surface area contributed by atoms with Crippen molar-refractivity contribution in [2.75, 3.05) is 0 Å². The molecule has 0 amide bonds. The molecule has 0 fully saturated rings. The van der Waals surface area contributed by atoms with E-state index in [0.717, 1.165) is 5.56 Å². The second-order valence-electron chi connectivity index (χ2n) is 2.92. The van der Waals surface area contributed by atoms with Crippen molar-refractivity contribution in [2.24, 2.45) is 0 Å². The van der Waals surface area contributed by atoms with Gasteiger partial charge in [-0.15, -0.1) is 12.6 Å². The van der Waals surface area contributed by atoms with Crippen LogP contribution < -0.4 is 0 Å². The Balaban J connectivity index is 0.000000423. The Kier molecular flexibility index (Phi) is 5.89. The average molecular weight is 250 g/mol. The maximum Gasteiger partial charge on any atom is 0.294 e.